The van der Waals surface area contributed by atoms with Crippen molar-refractivity contribution in [2.75, 3.05) is 23.3 Å². The molecule has 166 valence electrons. The van der Waals surface area contributed by atoms with Gasteiger partial charge in [0.1, 0.15) is 5.75 Å². The van der Waals surface area contributed by atoms with Crippen LogP contribution in [-0.2, 0) is 10.0 Å². The Morgan fingerprint density at radius 2 is 1.75 bits per heavy atom. The molecule has 1 amide bonds. The highest BCUT2D eigenvalue weighted by Crippen LogP contribution is 2.33. The van der Waals surface area contributed by atoms with Crippen LogP contribution in [0.3, 0.4) is 0 Å². The lowest BCUT2D eigenvalue weighted by Crippen LogP contribution is -2.31. The quantitative estimate of drug-likeness (QED) is 0.414. The smallest absolute Gasteiger partial charge is 0.264 e. The summed E-state index contributed by atoms with van der Waals surface area (Å²) in [5, 5.41) is 3.09. The third-order valence-corrected chi connectivity index (χ3v) is 6.98. The van der Waals surface area contributed by atoms with Gasteiger partial charge < -0.3 is 10.1 Å². The van der Waals surface area contributed by atoms with E-state index < -0.39 is 15.9 Å². The lowest BCUT2D eigenvalue weighted by molar-refractivity contribution is 0.102. The zero-order valence-corrected chi connectivity index (χ0v) is 19.4. The molecule has 0 aliphatic heterocycles. The van der Waals surface area contributed by atoms with Gasteiger partial charge in [-0.15, -0.1) is 6.58 Å². The van der Waals surface area contributed by atoms with E-state index in [1.165, 1.54) is 31.4 Å². The number of sulfonamides is 1. The molecule has 0 aliphatic rings. The van der Waals surface area contributed by atoms with Crippen LogP contribution >= 0.6 is 23.2 Å². The van der Waals surface area contributed by atoms with Gasteiger partial charge in [-0.05, 0) is 42.5 Å². The van der Waals surface area contributed by atoms with Gasteiger partial charge in [-0.3, -0.25) is 9.10 Å². The van der Waals surface area contributed by atoms with Gasteiger partial charge >= 0.3 is 0 Å². The Morgan fingerprint density at radius 3 is 2.44 bits per heavy atom. The molecule has 0 saturated carbocycles. The normalized spacial score (nSPS) is 11.0. The van der Waals surface area contributed by atoms with E-state index in [9.17, 15) is 13.2 Å². The minimum Gasteiger partial charge on any atom is -0.495 e. The van der Waals surface area contributed by atoms with E-state index >= 15 is 0 Å². The summed E-state index contributed by atoms with van der Waals surface area (Å²) in [4.78, 5) is 12.7. The Bertz CT molecular complexity index is 1260. The fourth-order valence-corrected chi connectivity index (χ4v) is 4.86. The van der Waals surface area contributed by atoms with Crippen molar-refractivity contribution in [3.8, 4) is 5.75 Å². The standard InChI is InChI=1S/C23H20Cl2N2O4S/c1-3-14-27(21-10-6-7-11-22(21)31-2)32(29,30)16-12-13-18(24)17(15-16)23(28)26-20-9-5-4-8-19(20)25/h3-13,15H,1,14H2,2H3,(H,26,28). The number of nitrogens with zero attached hydrogens (tertiary/aromatic N) is 1. The Labute approximate surface area is 197 Å². The summed E-state index contributed by atoms with van der Waals surface area (Å²) in [6.07, 6.45) is 1.46. The first-order valence-corrected chi connectivity index (χ1v) is 11.6. The zero-order chi connectivity index (χ0) is 23.3. The van der Waals surface area contributed by atoms with E-state index in [0.29, 0.717) is 22.1 Å². The summed E-state index contributed by atoms with van der Waals surface area (Å²) in [6.45, 7) is 3.65. The number of carbonyl (C=O) groups excluding carboxylic acids is 1. The fraction of sp³-hybridized carbons (Fsp3) is 0.0870. The Balaban J connectivity index is 2.03. The van der Waals surface area contributed by atoms with E-state index in [0.717, 1.165) is 4.31 Å². The molecule has 0 radical (unpaired) electrons. The minimum atomic E-state index is -4.09. The molecule has 1 N–H and O–H groups in total. The van der Waals surface area contributed by atoms with Crippen LogP contribution < -0.4 is 14.4 Å². The number of halogens is 2. The topological polar surface area (TPSA) is 75.7 Å². The van der Waals surface area contributed by atoms with Gasteiger partial charge in [0.25, 0.3) is 15.9 Å². The predicted molar refractivity (Wildman–Crippen MR) is 129 cm³/mol. The van der Waals surface area contributed by atoms with Crippen molar-refractivity contribution in [3.05, 3.63) is 95.0 Å². The summed E-state index contributed by atoms with van der Waals surface area (Å²) in [5.74, 6) is -0.212. The van der Waals surface area contributed by atoms with Crippen LogP contribution in [0.25, 0.3) is 0 Å². The monoisotopic (exact) mass is 490 g/mol. The summed E-state index contributed by atoms with van der Waals surface area (Å²) >= 11 is 12.3. The van der Waals surface area contributed by atoms with Crippen LogP contribution in [0.15, 0.2) is 84.3 Å². The van der Waals surface area contributed by atoms with Crippen LogP contribution in [0.2, 0.25) is 10.0 Å². The van der Waals surface area contributed by atoms with Crippen LogP contribution in [-0.4, -0.2) is 28.0 Å². The average Bonchev–Trinajstić information content (AvgIpc) is 2.79. The average molecular weight is 491 g/mol. The second-order valence-electron chi connectivity index (χ2n) is 6.57. The minimum absolute atomic E-state index is 0.00745. The predicted octanol–water partition coefficient (Wildman–Crippen LogP) is 5.64. The van der Waals surface area contributed by atoms with Gasteiger partial charge in [-0.1, -0.05) is 53.5 Å². The Hall–Kier alpha value is -3.00. The van der Waals surface area contributed by atoms with Crippen LogP contribution in [0.4, 0.5) is 11.4 Å². The van der Waals surface area contributed by atoms with Gasteiger partial charge in [0.15, 0.2) is 0 Å². The van der Waals surface area contributed by atoms with Crippen LogP contribution in [0, 0.1) is 0 Å². The molecule has 3 aromatic carbocycles. The molecule has 0 unspecified atom stereocenters. The molecule has 3 aromatic rings. The Kier molecular flexibility index (Phi) is 7.45. The molecule has 3 rings (SSSR count). The van der Waals surface area contributed by atoms with Crippen molar-refractivity contribution in [1.29, 1.82) is 0 Å². The van der Waals surface area contributed by atoms with E-state index in [1.807, 2.05) is 0 Å². The number of benzene rings is 3. The molecule has 0 atom stereocenters. The van der Waals surface area contributed by atoms with E-state index in [-0.39, 0.29) is 22.0 Å². The van der Waals surface area contributed by atoms with E-state index in [4.69, 9.17) is 27.9 Å². The SMILES string of the molecule is C=CCN(c1ccccc1OC)S(=O)(=O)c1ccc(Cl)c(C(=O)Nc2ccccc2Cl)c1. The number of para-hydroxylation sites is 3. The zero-order valence-electron chi connectivity index (χ0n) is 17.1. The molecule has 0 spiro atoms. The lowest BCUT2D eigenvalue weighted by Gasteiger charge is -2.25. The number of carbonyl (C=O) groups is 1. The van der Waals surface area contributed by atoms with Gasteiger partial charge in [0.05, 0.1) is 45.5 Å². The number of amides is 1. The molecule has 9 heteroatoms. The van der Waals surface area contributed by atoms with Crippen molar-refractivity contribution < 1.29 is 17.9 Å². The molecule has 0 saturated heterocycles. The highest BCUT2D eigenvalue weighted by atomic mass is 35.5. The second-order valence-corrected chi connectivity index (χ2v) is 9.25. The molecular weight excluding hydrogens is 471 g/mol. The van der Waals surface area contributed by atoms with Crippen molar-refractivity contribution >= 4 is 50.5 Å². The summed E-state index contributed by atoms with van der Waals surface area (Å²) in [7, 11) is -2.63. The van der Waals surface area contributed by atoms with Crippen molar-refractivity contribution in [2.24, 2.45) is 0 Å². The summed E-state index contributed by atoms with van der Waals surface area (Å²) in [6, 6.07) is 17.4. The Morgan fingerprint density at radius 1 is 1.06 bits per heavy atom. The number of anilines is 2. The molecule has 0 fully saturated rings. The summed E-state index contributed by atoms with van der Waals surface area (Å²) in [5.41, 5.74) is 0.712. The van der Waals surface area contributed by atoms with Crippen molar-refractivity contribution in [2.45, 2.75) is 4.90 Å². The highest BCUT2D eigenvalue weighted by Gasteiger charge is 2.28. The van der Waals surface area contributed by atoms with Crippen LogP contribution in [0.1, 0.15) is 10.4 Å². The van der Waals surface area contributed by atoms with Gasteiger partial charge in [-0.2, -0.15) is 0 Å². The first kappa shape index (κ1) is 23.7. The number of hydrogen-bond donors (Lipinski definition) is 1. The van der Waals surface area contributed by atoms with Gasteiger partial charge in [-0.25, -0.2) is 8.42 Å². The largest absolute Gasteiger partial charge is 0.495 e. The van der Waals surface area contributed by atoms with E-state index in [2.05, 4.69) is 11.9 Å². The molecule has 6 nitrogen and oxygen atoms in total. The second kappa shape index (κ2) is 10.1. The molecule has 0 aliphatic carbocycles. The van der Waals surface area contributed by atoms with Crippen LogP contribution in [0.5, 0.6) is 5.75 Å². The van der Waals surface area contributed by atoms with Gasteiger partial charge in [0.2, 0.25) is 0 Å². The third-order valence-electron chi connectivity index (χ3n) is 4.54. The first-order chi connectivity index (χ1) is 15.3. The number of nitrogens with one attached hydrogen (secondary N) is 1. The fourth-order valence-electron chi connectivity index (χ4n) is 3.00. The molecular formula is C23H20Cl2N2O4S. The molecule has 0 heterocycles. The lowest BCUT2D eigenvalue weighted by atomic mass is 10.2. The number of ether oxygens (including phenoxy) is 1. The van der Waals surface area contributed by atoms with Crippen molar-refractivity contribution in [1.82, 2.24) is 0 Å². The number of hydrogen-bond acceptors (Lipinski definition) is 4. The highest BCUT2D eigenvalue weighted by molar-refractivity contribution is 7.92. The maximum atomic E-state index is 13.5. The van der Waals surface area contributed by atoms with Gasteiger partial charge in [0, 0.05) is 0 Å². The maximum Gasteiger partial charge on any atom is 0.264 e. The molecule has 0 aromatic heterocycles. The van der Waals surface area contributed by atoms with Crippen molar-refractivity contribution in [3.63, 3.8) is 0 Å². The summed E-state index contributed by atoms with van der Waals surface area (Å²) < 4.78 is 33.5. The molecule has 0 bridgehead atoms. The first-order valence-electron chi connectivity index (χ1n) is 9.41. The van der Waals surface area contributed by atoms with E-state index in [1.54, 1.807) is 48.5 Å². The number of methoxy groups -OCH3 is 1. The molecule has 32 heavy (non-hydrogen) atoms. The number of rotatable bonds is 8. The third kappa shape index (κ3) is 4.91. The maximum absolute atomic E-state index is 13.5.